The highest BCUT2D eigenvalue weighted by molar-refractivity contribution is 5.75. The molecule has 2 aromatic rings. The lowest BCUT2D eigenvalue weighted by Crippen LogP contribution is -2.36. The van der Waals surface area contributed by atoms with Crippen molar-refractivity contribution in [3.05, 3.63) is 30.6 Å². The van der Waals surface area contributed by atoms with Crippen molar-refractivity contribution in [2.75, 3.05) is 0 Å². The van der Waals surface area contributed by atoms with Crippen LogP contribution in [0.25, 0.3) is 11.0 Å². The van der Waals surface area contributed by atoms with Crippen LogP contribution in [0.15, 0.2) is 30.6 Å². The minimum atomic E-state index is -0.263. The molecule has 1 aliphatic carbocycles. The molecule has 1 N–H and O–H groups in total. The molecular formula is C15H20N2O. The number of aromatic nitrogens is 2. The first-order chi connectivity index (χ1) is 8.66. The number of nitrogens with zero attached hydrogens (tertiary/aromatic N) is 2. The maximum absolute atomic E-state index is 10.4. The van der Waals surface area contributed by atoms with Gasteiger partial charge < -0.3 is 9.67 Å². The van der Waals surface area contributed by atoms with Crippen LogP contribution in [0, 0.1) is 11.8 Å². The lowest BCUT2D eigenvalue weighted by atomic mass is 9.78. The van der Waals surface area contributed by atoms with Gasteiger partial charge in [-0.05, 0) is 36.8 Å². The van der Waals surface area contributed by atoms with Crippen molar-refractivity contribution in [3.8, 4) is 0 Å². The van der Waals surface area contributed by atoms with Crippen molar-refractivity contribution < 1.29 is 5.11 Å². The van der Waals surface area contributed by atoms with Gasteiger partial charge in [0.05, 0.1) is 29.5 Å². The average Bonchev–Trinajstić information content (AvgIpc) is 2.72. The number of para-hydroxylation sites is 2. The molecule has 18 heavy (non-hydrogen) atoms. The smallest absolute Gasteiger partial charge is 0.0961 e. The van der Waals surface area contributed by atoms with E-state index in [2.05, 4.69) is 29.5 Å². The minimum absolute atomic E-state index is 0.161. The van der Waals surface area contributed by atoms with Crippen LogP contribution in [0.1, 0.15) is 32.7 Å². The van der Waals surface area contributed by atoms with E-state index in [1.807, 2.05) is 24.5 Å². The first kappa shape index (κ1) is 11.7. The number of benzene rings is 1. The summed E-state index contributed by atoms with van der Waals surface area (Å²) < 4.78 is 2.16. The van der Waals surface area contributed by atoms with Crippen LogP contribution in [0.5, 0.6) is 0 Å². The molecule has 0 radical (unpaired) electrons. The molecule has 3 rings (SSSR count). The molecule has 0 spiro atoms. The van der Waals surface area contributed by atoms with E-state index < -0.39 is 0 Å². The zero-order valence-corrected chi connectivity index (χ0v) is 11.0. The Morgan fingerprint density at radius 2 is 2.00 bits per heavy atom. The van der Waals surface area contributed by atoms with Crippen molar-refractivity contribution in [3.63, 3.8) is 0 Å². The summed E-state index contributed by atoms with van der Waals surface area (Å²) in [5.41, 5.74) is 2.14. The second-order valence-electron chi connectivity index (χ2n) is 5.75. The zero-order valence-electron chi connectivity index (χ0n) is 11.0. The van der Waals surface area contributed by atoms with Crippen molar-refractivity contribution >= 4 is 11.0 Å². The third kappa shape index (κ3) is 1.83. The van der Waals surface area contributed by atoms with E-state index in [0.717, 1.165) is 17.5 Å². The van der Waals surface area contributed by atoms with Crippen LogP contribution in [-0.4, -0.2) is 20.8 Å². The van der Waals surface area contributed by atoms with Crippen LogP contribution in [0.4, 0.5) is 0 Å². The van der Waals surface area contributed by atoms with Gasteiger partial charge in [0.2, 0.25) is 0 Å². The van der Waals surface area contributed by atoms with Crippen molar-refractivity contribution in [1.82, 2.24) is 9.55 Å². The summed E-state index contributed by atoms with van der Waals surface area (Å²) in [7, 11) is 0. The van der Waals surface area contributed by atoms with Gasteiger partial charge in [-0.2, -0.15) is 0 Å². The maximum atomic E-state index is 10.4. The lowest BCUT2D eigenvalue weighted by Gasteiger charge is -2.37. The monoisotopic (exact) mass is 244 g/mol. The third-order valence-electron chi connectivity index (χ3n) is 4.20. The quantitative estimate of drug-likeness (QED) is 0.837. The molecular weight excluding hydrogens is 224 g/mol. The SMILES string of the molecule is CC1CC(C)C(n2cnc3ccccc32)C(O)C1. The lowest BCUT2D eigenvalue weighted by molar-refractivity contribution is 0.0252. The molecule has 1 saturated carbocycles. The van der Waals surface area contributed by atoms with E-state index in [1.54, 1.807) is 0 Å². The van der Waals surface area contributed by atoms with Gasteiger partial charge in [0.15, 0.2) is 0 Å². The van der Waals surface area contributed by atoms with E-state index in [9.17, 15) is 5.11 Å². The van der Waals surface area contributed by atoms with Gasteiger partial charge in [0, 0.05) is 0 Å². The summed E-state index contributed by atoms with van der Waals surface area (Å²) in [4.78, 5) is 4.43. The molecule has 4 unspecified atom stereocenters. The topological polar surface area (TPSA) is 38.0 Å². The second-order valence-corrected chi connectivity index (χ2v) is 5.75. The largest absolute Gasteiger partial charge is 0.391 e. The molecule has 1 aliphatic rings. The predicted molar refractivity (Wildman–Crippen MR) is 72.3 cm³/mol. The number of hydrogen-bond acceptors (Lipinski definition) is 2. The van der Waals surface area contributed by atoms with E-state index in [0.29, 0.717) is 11.8 Å². The van der Waals surface area contributed by atoms with Crippen LogP contribution in [0.3, 0.4) is 0 Å². The number of rotatable bonds is 1. The van der Waals surface area contributed by atoms with Gasteiger partial charge in [-0.15, -0.1) is 0 Å². The fourth-order valence-corrected chi connectivity index (χ4v) is 3.48. The van der Waals surface area contributed by atoms with Gasteiger partial charge >= 0.3 is 0 Å². The summed E-state index contributed by atoms with van der Waals surface area (Å²) in [6.45, 7) is 4.46. The van der Waals surface area contributed by atoms with Crippen LogP contribution < -0.4 is 0 Å². The Balaban J connectivity index is 2.03. The molecule has 3 nitrogen and oxygen atoms in total. The number of fused-ring (bicyclic) bond motifs is 1. The van der Waals surface area contributed by atoms with E-state index in [4.69, 9.17) is 0 Å². The predicted octanol–water partition coefficient (Wildman–Crippen LogP) is 3.00. The Bertz CT molecular complexity index is 536. The first-order valence-electron chi connectivity index (χ1n) is 6.76. The maximum Gasteiger partial charge on any atom is 0.0961 e. The molecule has 1 aromatic heterocycles. The van der Waals surface area contributed by atoms with Gasteiger partial charge in [0.25, 0.3) is 0 Å². The minimum Gasteiger partial charge on any atom is -0.391 e. The zero-order chi connectivity index (χ0) is 12.7. The van der Waals surface area contributed by atoms with Crippen molar-refractivity contribution in [1.29, 1.82) is 0 Å². The highest BCUT2D eigenvalue weighted by Crippen LogP contribution is 2.38. The molecule has 0 aliphatic heterocycles. The van der Waals surface area contributed by atoms with E-state index >= 15 is 0 Å². The fourth-order valence-electron chi connectivity index (χ4n) is 3.48. The molecule has 1 heterocycles. The number of imidazole rings is 1. The summed E-state index contributed by atoms with van der Waals surface area (Å²) in [5, 5.41) is 10.4. The summed E-state index contributed by atoms with van der Waals surface area (Å²) in [6, 6.07) is 8.30. The second kappa shape index (κ2) is 4.39. The van der Waals surface area contributed by atoms with Gasteiger partial charge in [0.1, 0.15) is 0 Å². The highest BCUT2D eigenvalue weighted by atomic mass is 16.3. The number of aliphatic hydroxyl groups excluding tert-OH is 1. The molecule has 0 amide bonds. The van der Waals surface area contributed by atoms with Gasteiger partial charge in [-0.25, -0.2) is 4.98 Å². The van der Waals surface area contributed by atoms with Crippen LogP contribution >= 0.6 is 0 Å². The molecule has 1 aromatic carbocycles. The third-order valence-corrected chi connectivity index (χ3v) is 4.20. The Labute approximate surface area is 107 Å². The Morgan fingerprint density at radius 3 is 2.78 bits per heavy atom. The van der Waals surface area contributed by atoms with E-state index in [1.165, 1.54) is 6.42 Å². The Hall–Kier alpha value is -1.35. The Morgan fingerprint density at radius 1 is 1.22 bits per heavy atom. The number of aliphatic hydroxyl groups is 1. The molecule has 1 fully saturated rings. The van der Waals surface area contributed by atoms with Gasteiger partial charge in [-0.1, -0.05) is 26.0 Å². The fraction of sp³-hybridized carbons (Fsp3) is 0.533. The highest BCUT2D eigenvalue weighted by Gasteiger charge is 2.34. The summed E-state index contributed by atoms with van der Waals surface area (Å²) in [6.07, 6.45) is 3.68. The number of hydrogen-bond donors (Lipinski definition) is 1. The van der Waals surface area contributed by atoms with Crippen LogP contribution in [-0.2, 0) is 0 Å². The molecule has 96 valence electrons. The first-order valence-corrected chi connectivity index (χ1v) is 6.76. The summed E-state index contributed by atoms with van der Waals surface area (Å²) in [5.74, 6) is 1.10. The normalized spacial score (nSPS) is 32.8. The Kier molecular flexibility index (Phi) is 2.86. The average molecular weight is 244 g/mol. The van der Waals surface area contributed by atoms with Crippen molar-refractivity contribution in [2.24, 2.45) is 11.8 Å². The van der Waals surface area contributed by atoms with Crippen molar-refractivity contribution in [2.45, 2.75) is 38.8 Å². The van der Waals surface area contributed by atoms with Gasteiger partial charge in [-0.3, -0.25) is 0 Å². The van der Waals surface area contributed by atoms with E-state index in [-0.39, 0.29) is 12.1 Å². The molecule has 0 bridgehead atoms. The standard InChI is InChI=1S/C15H20N2O/c1-10-7-11(2)15(14(18)8-10)17-9-16-12-5-3-4-6-13(12)17/h3-6,9-11,14-15,18H,7-8H2,1-2H3. The molecule has 0 saturated heterocycles. The molecule has 4 atom stereocenters. The molecule has 3 heteroatoms. The van der Waals surface area contributed by atoms with Crippen LogP contribution in [0.2, 0.25) is 0 Å². The summed E-state index contributed by atoms with van der Waals surface area (Å²) >= 11 is 0.